The van der Waals surface area contributed by atoms with E-state index in [2.05, 4.69) is 36.8 Å². The molecule has 0 saturated carbocycles. The van der Waals surface area contributed by atoms with Crippen LogP contribution in [0.4, 0.5) is 0 Å². The highest BCUT2D eigenvalue weighted by molar-refractivity contribution is 7.15. The van der Waals surface area contributed by atoms with Crippen LogP contribution in [0, 0.1) is 6.92 Å². The molecule has 0 fully saturated rings. The summed E-state index contributed by atoms with van der Waals surface area (Å²) in [6, 6.07) is 4.05. The van der Waals surface area contributed by atoms with Gasteiger partial charge in [0, 0.05) is 16.6 Å². The second-order valence-electron chi connectivity index (χ2n) is 5.10. The van der Waals surface area contributed by atoms with E-state index in [-0.39, 0.29) is 5.54 Å². The van der Waals surface area contributed by atoms with Crippen LogP contribution in [0.25, 0.3) is 10.7 Å². The second kappa shape index (κ2) is 4.63. The summed E-state index contributed by atoms with van der Waals surface area (Å²) in [5, 5.41) is 1.07. The van der Waals surface area contributed by atoms with Gasteiger partial charge in [-0.05, 0) is 45.7 Å². The van der Waals surface area contributed by atoms with Crippen LogP contribution in [-0.2, 0) is 6.42 Å². The normalized spacial score (nSPS) is 12.0. The van der Waals surface area contributed by atoms with Gasteiger partial charge in [-0.1, -0.05) is 0 Å². The minimum Gasteiger partial charge on any atom is -0.359 e. The van der Waals surface area contributed by atoms with Crippen molar-refractivity contribution in [3.8, 4) is 10.7 Å². The number of aromatic amines is 1. The lowest BCUT2D eigenvalue weighted by Gasteiger charge is -2.17. The summed E-state index contributed by atoms with van der Waals surface area (Å²) in [5.74, 6) is 0. The zero-order valence-electron chi connectivity index (χ0n) is 10.6. The number of aryl methyl sites for hydroxylation is 2. The first-order chi connectivity index (χ1) is 7.96. The van der Waals surface area contributed by atoms with Gasteiger partial charge in [0.1, 0.15) is 5.01 Å². The number of aromatic nitrogens is 2. The van der Waals surface area contributed by atoms with Gasteiger partial charge in [-0.3, -0.25) is 0 Å². The smallest absolute Gasteiger partial charge is 0.140 e. The van der Waals surface area contributed by atoms with Crippen molar-refractivity contribution in [3.05, 3.63) is 28.9 Å². The quantitative estimate of drug-likeness (QED) is 0.874. The molecule has 0 aliphatic heterocycles. The highest BCUT2D eigenvalue weighted by Crippen LogP contribution is 2.28. The summed E-state index contributed by atoms with van der Waals surface area (Å²) in [7, 11) is 0. The molecule has 0 aliphatic carbocycles. The number of H-pyrrole nitrogens is 1. The van der Waals surface area contributed by atoms with Gasteiger partial charge in [-0.25, -0.2) is 4.98 Å². The fraction of sp³-hybridized carbons (Fsp3) is 0.462. The molecule has 0 amide bonds. The van der Waals surface area contributed by atoms with E-state index < -0.39 is 0 Å². The van der Waals surface area contributed by atoms with Crippen molar-refractivity contribution in [2.45, 2.75) is 39.2 Å². The molecule has 3 N–H and O–H groups in total. The third-order valence-electron chi connectivity index (χ3n) is 2.72. The SMILES string of the molecule is Cc1nc(-c2ccc[nH]2)sc1CCC(C)(C)N. The minimum absolute atomic E-state index is 0.108. The molecule has 3 nitrogen and oxygen atoms in total. The van der Waals surface area contributed by atoms with Crippen molar-refractivity contribution in [2.24, 2.45) is 5.73 Å². The third-order valence-corrected chi connectivity index (χ3v) is 3.97. The Morgan fingerprint density at radius 3 is 2.82 bits per heavy atom. The van der Waals surface area contributed by atoms with Crippen molar-refractivity contribution in [2.75, 3.05) is 0 Å². The molecule has 0 atom stereocenters. The minimum atomic E-state index is -0.108. The number of rotatable bonds is 4. The molecule has 2 heterocycles. The highest BCUT2D eigenvalue weighted by atomic mass is 32.1. The monoisotopic (exact) mass is 249 g/mol. The molecule has 0 saturated heterocycles. The van der Waals surface area contributed by atoms with Gasteiger partial charge in [0.25, 0.3) is 0 Å². The Morgan fingerprint density at radius 2 is 2.24 bits per heavy atom. The summed E-state index contributed by atoms with van der Waals surface area (Å²) >= 11 is 1.76. The summed E-state index contributed by atoms with van der Waals surface area (Å²) in [4.78, 5) is 9.13. The molecule has 2 aromatic heterocycles. The topological polar surface area (TPSA) is 54.7 Å². The summed E-state index contributed by atoms with van der Waals surface area (Å²) < 4.78 is 0. The zero-order chi connectivity index (χ0) is 12.5. The maximum absolute atomic E-state index is 6.01. The van der Waals surface area contributed by atoms with Gasteiger partial charge in [0.15, 0.2) is 0 Å². The average molecular weight is 249 g/mol. The van der Waals surface area contributed by atoms with E-state index >= 15 is 0 Å². The lowest BCUT2D eigenvalue weighted by atomic mass is 9.99. The first-order valence-corrected chi connectivity index (χ1v) is 6.66. The molecule has 17 heavy (non-hydrogen) atoms. The Labute approximate surface area is 106 Å². The van der Waals surface area contributed by atoms with E-state index in [4.69, 9.17) is 5.73 Å². The van der Waals surface area contributed by atoms with E-state index in [1.54, 1.807) is 11.3 Å². The van der Waals surface area contributed by atoms with Crippen molar-refractivity contribution < 1.29 is 0 Å². The van der Waals surface area contributed by atoms with Crippen LogP contribution < -0.4 is 5.73 Å². The second-order valence-corrected chi connectivity index (χ2v) is 6.18. The van der Waals surface area contributed by atoms with Crippen LogP contribution >= 0.6 is 11.3 Å². The molecule has 0 aromatic carbocycles. The van der Waals surface area contributed by atoms with Gasteiger partial charge in [0.2, 0.25) is 0 Å². The number of nitrogens with zero attached hydrogens (tertiary/aromatic N) is 1. The van der Waals surface area contributed by atoms with E-state index in [0.29, 0.717) is 0 Å². The van der Waals surface area contributed by atoms with Crippen molar-refractivity contribution in [1.82, 2.24) is 9.97 Å². The molecule has 0 spiro atoms. The average Bonchev–Trinajstić information content (AvgIpc) is 2.82. The molecular formula is C13H19N3S. The Hall–Kier alpha value is -1.13. The van der Waals surface area contributed by atoms with Crippen LogP contribution in [0.15, 0.2) is 18.3 Å². The number of thiazole rings is 1. The van der Waals surface area contributed by atoms with Crippen molar-refractivity contribution in [1.29, 1.82) is 0 Å². The predicted octanol–water partition coefficient (Wildman–Crippen LogP) is 3.12. The largest absolute Gasteiger partial charge is 0.359 e. The first-order valence-electron chi connectivity index (χ1n) is 5.85. The number of hydrogen-bond acceptors (Lipinski definition) is 3. The van der Waals surface area contributed by atoms with Gasteiger partial charge in [0.05, 0.1) is 11.4 Å². The van der Waals surface area contributed by atoms with Gasteiger partial charge in [-0.15, -0.1) is 11.3 Å². The predicted molar refractivity (Wildman–Crippen MR) is 73.2 cm³/mol. The lowest BCUT2D eigenvalue weighted by Crippen LogP contribution is -2.32. The van der Waals surface area contributed by atoms with Gasteiger partial charge >= 0.3 is 0 Å². The van der Waals surface area contributed by atoms with Gasteiger partial charge in [-0.2, -0.15) is 0 Å². The van der Waals surface area contributed by atoms with Crippen LogP contribution in [0.2, 0.25) is 0 Å². The molecule has 92 valence electrons. The van der Waals surface area contributed by atoms with E-state index in [0.717, 1.165) is 29.2 Å². The molecule has 0 bridgehead atoms. The number of nitrogens with one attached hydrogen (secondary N) is 1. The van der Waals surface area contributed by atoms with Crippen LogP contribution in [0.5, 0.6) is 0 Å². The summed E-state index contributed by atoms with van der Waals surface area (Å²) in [5.41, 5.74) is 8.13. The molecule has 4 heteroatoms. The summed E-state index contributed by atoms with van der Waals surface area (Å²) in [6.07, 6.45) is 3.92. The first kappa shape index (κ1) is 12.3. The highest BCUT2D eigenvalue weighted by Gasteiger charge is 2.14. The Bertz CT molecular complexity index is 477. The number of nitrogens with two attached hydrogens (primary N) is 1. The van der Waals surface area contributed by atoms with E-state index in [1.807, 2.05) is 12.3 Å². The maximum atomic E-state index is 6.01. The molecule has 0 unspecified atom stereocenters. The number of hydrogen-bond donors (Lipinski definition) is 2. The molecular weight excluding hydrogens is 230 g/mol. The molecule has 2 rings (SSSR count). The summed E-state index contributed by atoms with van der Waals surface area (Å²) in [6.45, 7) is 6.20. The van der Waals surface area contributed by atoms with Crippen LogP contribution in [-0.4, -0.2) is 15.5 Å². The fourth-order valence-electron chi connectivity index (χ4n) is 1.67. The Kier molecular flexibility index (Phi) is 3.35. The van der Waals surface area contributed by atoms with Crippen LogP contribution in [0.3, 0.4) is 0 Å². The standard InChI is InChI=1S/C13H19N3S/c1-9-11(6-7-13(2,3)14)17-12(16-9)10-5-4-8-15-10/h4-5,8,15H,6-7,14H2,1-3H3. The third kappa shape index (κ3) is 3.17. The van der Waals surface area contributed by atoms with Gasteiger partial charge < -0.3 is 10.7 Å². The van der Waals surface area contributed by atoms with E-state index in [9.17, 15) is 0 Å². The maximum Gasteiger partial charge on any atom is 0.140 e. The zero-order valence-corrected chi connectivity index (χ0v) is 11.4. The van der Waals surface area contributed by atoms with Crippen LogP contribution in [0.1, 0.15) is 30.8 Å². The molecule has 2 aromatic rings. The molecule has 0 radical (unpaired) electrons. The van der Waals surface area contributed by atoms with Crippen molar-refractivity contribution in [3.63, 3.8) is 0 Å². The van der Waals surface area contributed by atoms with Crippen molar-refractivity contribution >= 4 is 11.3 Å². The Morgan fingerprint density at radius 1 is 1.47 bits per heavy atom. The van der Waals surface area contributed by atoms with E-state index in [1.165, 1.54) is 4.88 Å². The fourth-order valence-corrected chi connectivity index (χ4v) is 2.72. The lowest BCUT2D eigenvalue weighted by molar-refractivity contribution is 0.478. The Balaban J connectivity index is 2.14. The molecule has 0 aliphatic rings.